The number of amides is 4. The zero-order chi connectivity index (χ0) is 22.7. The molecule has 0 spiro atoms. The van der Waals surface area contributed by atoms with Gasteiger partial charge in [-0.15, -0.1) is 0 Å². The SMILES string of the molecule is CC[C@]1(C)NC(=O)N(NC(=O)CSc2nc(Nc3ccccc3)c3ccccc3n2)C1=O. The number of hydrazine groups is 1. The van der Waals surface area contributed by atoms with Crippen LogP contribution in [0.5, 0.6) is 0 Å². The first kappa shape index (κ1) is 21.6. The molecular formula is C22H22N6O3S. The van der Waals surface area contributed by atoms with E-state index in [1.807, 2.05) is 54.6 Å². The van der Waals surface area contributed by atoms with Crippen LogP contribution in [0.1, 0.15) is 20.3 Å². The maximum absolute atomic E-state index is 12.4. The molecule has 0 unspecified atom stereocenters. The lowest BCUT2D eigenvalue weighted by molar-refractivity contribution is -0.137. The number of carbonyl (C=O) groups excluding carboxylic acids is 3. The maximum Gasteiger partial charge on any atom is 0.344 e. The summed E-state index contributed by atoms with van der Waals surface area (Å²) in [5, 5.41) is 7.86. The van der Waals surface area contributed by atoms with Gasteiger partial charge in [0, 0.05) is 11.1 Å². The number of fused-ring (bicyclic) bond motifs is 1. The van der Waals surface area contributed by atoms with Crippen molar-refractivity contribution in [3.63, 3.8) is 0 Å². The first-order valence-electron chi connectivity index (χ1n) is 10.1. The molecule has 2 aromatic carbocycles. The molecule has 0 aliphatic carbocycles. The summed E-state index contributed by atoms with van der Waals surface area (Å²) < 4.78 is 0. The van der Waals surface area contributed by atoms with Gasteiger partial charge in [0.25, 0.3) is 5.91 Å². The van der Waals surface area contributed by atoms with E-state index in [2.05, 4.69) is 26.0 Å². The number of nitrogens with zero attached hydrogens (tertiary/aromatic N) is 3. The number of benzene rings is 2. The zero-order valence-electron chi connectivity index (χ0n) is 17.6. The molecule has 1 aromatic heterocycles. The minimum Gasteiger partial charge on any atom is -0.340 e. The Morgan fingerprint density at radius 2 is 1.81 bits per heavy atom. The third-order valence-electron chi connectivity index (χ3n) is 5.16. The number of imide groups is 1. The lowest BCUT2D eigenvalue weighted by Crippen LogP contribution is -2.49. The molecule has 0 saturated carbocycles. The second-order valence-corrected chi connectivity index (χ2v) is 8.39. The summed E-state index contributed by atoms with van der Waals surface area (Å²) in [7, 11) is 0. The Kier molecular flexibility index (Phi) is 5.95. The number of hydrogen-bond acceptors (Lipinski definition) is 7. The molecule has 1 atom stereocenters. The van der Waals surface area contributed by atoms with Crippen LogP contribution in [-0.4, -0.2) is 44.1 Å². The standard InChI is InChI=1S/C22H22N6O3S/c1-3-22(2)19(30)28(21(31)26-22)27-17(29)13-32-20-24-16-12-8-7-11-15(16)18(25-20)23-14-9-5-4-6-10-14/h4-12H,3,13H2,1-2H3,(H,26,31)(H,27,29)(H,23,24,25)/t22-/m0/s1. The normalized spacial score (nSPS) is 18.0. The second kappa shape index (κ2) is 8.83. The summed E-state index contributed by atoms with van der Waals surface area (Å²) >= 11 is 1.12. The summed E-state index contributed by atoms with van der Waals surface area (Å²) in [4.78, 5) is 46.0. The zero-order valence-corrected chi connectivity index (χ0v) is 18.4. The molecule has 0 radical (unpaired) electrons. The van der Waals surface area contributed by atoms with E-state index < -0.39 is 23.4 Å². The quantitative estimate of drug-likeness (QED) is 0.287. The van der Waals surface area contributed by atoms with Crippen LogP contribution in [-0.2, 0) is 9.59 Å². The molecule has 1 fully saturated rings. The third kappa shape index (κ3) is 4.35. The van der Waals surface area contributed by atoms with Gasteiger partial charge < -0.3 is 10.6 Å². The fourth-order valence-electron chi connectivity index (χ4n) is 3.19. The largest absolute Gasteiger partial charge is 0.344 e. The second-order valence-electron chi connectivity index (χ2n) is 7.44. The van der Waals surface area contributed by atoms with Crippen LogP contribution in [0.2, 0.25) is 0 Å². The van der Waals surface area contributed by atoms with Gasteiger partial charge in [0.05, 0.1) is 11.3 Å². The number of thioether (sulfide) groups is 1. The van der Waals surface area contributed by atoms with E-state index in [-0.39, 0.29) is 5.75 Å². The summed E-state index contributed by atoms with van der Waals surface area (Å²) in [6.07, 6.45) is 0.417. The Morgan fingerprint density at radius 3 is 2.53 bits per heavy atom. The number of para-hydroxylation sites is 2. The minimum atomic E-state index is -1.02. The van der Waals surface area contributed by atoms with Crippen LogP contribution in [0.4, 0.5) is 16.3 Å². The van der Waals surface area contributed by atoms with Crippen molar-refractivity contribution in [2.75, 3.05) is 11.1 Å². The van der Waals surface area contributed by atoms with Gasteiger partial charge in [-0.25, -0.2) is 14.8 Å². The predicted molar refractivity (Wildman–Crippen MR) is 122 cm³/mol. The summed E-state index contributed by atoms with van der Waals surface area (Å²) in [5.41, 5.74) is 2.96. The highest BCUT2D eigenvalue weighted by Gasteiger charge is 2.47. The number of hydrogen-bond donors (Lipinski definition) is 3. The number of carbonyl (C=O) groups is 3. The fraction of sp³-hybridized carbons (Fsp3) is 0.227. The molecule has 10 heteroatoms. The fourth-order valence-corrected chi connectivity index (χ4v) is 3.83. The van der Waals surface area contributed by atoms with Crippen LogP contribution in [0.15, 0.2) is 59.8 Å². The van der Waals surface area contributed by atoms with E-state index in [0.29, 0.717) is 17.4 Å². The summed E-state index contributed by atoms with van der Waals surface area (Å²) in [5.74, 6) is -0.436. The molecule has 3 N–H and O–H groups in total. The van der Waals surface area contributed by atoms with Crippen molar-refractivity contribution in [1.82, 2.24) is 25.7 Å². The van der Waals surface area contributed by atoms with Crippen LogP contribution < -0.4 is 16.1 Å². The van der Waals surface area contributed by atoms with Gasteiger partial charge in [-0.1, -0.05) is 49.0 Å². The van der Waals surface area contributed by atoms with Crippen molar-refractivity contribution in [3.05, 3.63) is 54.6 Å². The number of anilines is 2. The molecular weight excluding hydrogens is 428 g/mol. The van der Waals surface area contributed by atoms with Crippen molar-refractivity contribution >= 4 is 52.0 Å². The molecule has 32 heavy (non-hydrogen) atoms. The average Bonchev–Trinajstić information content (AvgIpc) is 3.02. The number of nitrogens with one attached hydrogen (secondary N) is 3. The van der Waals surface area contributed by atoms with Gasteiger partial charge >= 0.3 is 6.03 Å². The van der Waals surface area contributed by atoms with E-state index in [0.717, 1.165) is 33.4 Å². The molecule has 164 valence electrons. The van der Waals surface area contributed by atoms with Crippen LogP contribution in [0.3, 0.4) is 0 Å². The van der Waals surface area contributed by atoms with Crippen molar-refractivity contribution < 1.29 is 14.4 Å². The van der Waals surface area contributed by atoms with Gasteiger partial charge in [0.1, 0.15) is 11.4 Å². The molecule has 2 heterocycles. The van der Waals surface area contributed by atoms with Crippen molar-refractivity contribution in [3.8, 4) is 0 Å². The molecule has 3 aromatic rings. The smallest absolute Gasteiger partial charge is 0.340 e. The Bertz CT molecular complexity index is 1190. The van der Waals surface area contributed by atoms with E-state index in [9.17, 15) is 14.4 Å². The van der Waals surface area contributed by atoms with Crippen LogP contribution in [0, 0.1) is 0 Å². The number of rotatable bonds is 7. The molecule has 4 rings (SSSR count). The number of aromatic nitrogens is 2. The lowest BCUT2D eigenvalue weighted by Gasteiger charge is -2.19. The minimum absolute atomic E-state index is 0.0665. The molecule has 1 aliphatic rings. The lowest BCUT2D eigenvalue weighted by atomic mass is 10.00. The highest BCUT2D eigenvalue weighted by molar-refractivity contribution is 7.99. The molecule has 9 nitrogen and oxygen atoms in total. The molecule has 4 amide bonds. The topological polar surface area (TPSA) is 116 Å². The van der Waals surface area contributed by atoms with E-state index in [1.165, 1.54) is 0 Å². The maximum atomic E-state index is 12.4. The average molecular weight is 451 g/mol. The highest BCUT2D eigenvalue weighted by atomic mass is 32.2. The van der Waals surface area contributed by atoms with Crippen molar-refractivity contribution in [2.24, 2.45) is 0 Å². The van der Waals surface area contributed by atoms with Crippen LogP contribution in [0.25, 0.3) is 10.9 Å². The summed E-state index contributed by atoms with van der Waals surface area (Å²) in [6, 6.07) is 16.6. The van der Waals surface area contributed by atoms with Crippen molar-refractivity contribution in [2.45, 2.75) is 31.0 Å². The first-order chi connectivity index (χ1) is 15.4. The Labute approximate surface area is 189 Å². The third-order valence-corrected chi connectivity index (χ3v) is 6.00. The van der Waals surface area contributed by atoms with Gasteiger partial charge in [-0.05, 0) is 37.6 Å². The van der Waals surface area contributed by atoms with E-state index in [4.69, 9.17) is 0 Å². The Balaban J connectivity index is 1.48. The van der Waals surface area contributed by atoms with Crippen LogP contribution >= 0.6 is 11.8 Å². The van der Waals surface area contributed by atoms with Crippen molar-refractivity contribution in [1.29, 1.82) is 0 Å². The van der Waals surface area contributed by atoms with Gasteiger partial charge in [0.15, 0.2) is 5.16 Å². The Morgan fingerprint density at radius 1 is 1.09 bits per heavy atom. The Hall–Kier alpha value is -3.66. The highest BCUT2D eigenvalue weighted by Crippen LogP contribution is 2.27. The monoisotopic (exact) mass is 450 g/mol. The number of urea groups is 1. The molecule has 1 aliphatic heterocycles. The van der Waals surface area contributed by atoms with Gasteiger partial charge in [0.2, 0.25) is 5.91 Å². The van der Waals surface area contributed by atoms with E-state index in [1.54, 1.807) is 13.8 Å². The first-order valence-corrected chi connectivity index (χ1v) is 11.1. The predicted octanol–water partition coefficient (Wildman–Crippen LogP) is 3.22. The molecule has 0 bridgehead atoms. The summed E-state index contributed by atoms with van der Waals surface area (Å²) in [6.45, 7) is 3.41. The molecule has 1 saturated heterocycles. The van der Waals surface area contributed by atoms with Gasteiger partial charge in [-0.3, -0.25) is 15.0 Å². The van der Waals surface area contributed by atoms with E-state index >= 15 is 0 Å². The van der Waals surface area contributed by atoms with Gasteiger partial charge in [-0.2, -0.15) is 5.01 Å².